The number of aromatic amines is 1. The van der Waals surface area contributed by atoms with Crippen LogP contribution in [0.3, 0.4) is 0 Å². The van der Waals surface area contributed by atoms with Gasteiger partial charge in [-0.05, 0) is 18.6 Å². The zero-order valence-corrected chi connectivity index (χ0v) is 15.0. The van der Waals surface area contributed by atoms with Crippen LogP contribution in [-0.4, -0.2) is 22.3 Å². The molecule has 0 unspecified atom stereocenters. The average molecular weight is 373 g/mol. The highest BCUT2D eigenvalue weighted by Crippen LogP contribution is 2.23. The number of aromatic nitrogens is 2. The van der Waals surface area contributed by atoms with Gasteiger partial charge >= 0.3 is 0 Å². The lowest BCUT2D eigenvalue weighted by Gasteiger charge is -2.07. The molecule has 1 heterocycles. The molecule has 0 saturated carbocycles. The Morgan fingerprint density at radius 1 is 1.08 bits per heavy atom. The van der Waals surface area contributed by atoms with Gasteiger partial charge in [-0.1, -0.05) is 65.8 Å². The van der Waals surface area contributed by atoms with Crippen molar-refractivity contribution in [3.05, 3.63) is 76.0 Å². The van der Waals surface area contributed by atoms with Gasteiger partial charge in [0.05, 0.1) is 17.3 Å². The summed E-state index contributed by atoms with van der Waals surface area (Å²) < 4.78 is 5.65. The molecule has 3 rings (SSSR count). The minimum Gasteiger partial charge on any atom is -0.492 e. The van der Waals surface area contributed by atoms with Crippen molar-refractivity contribution in [3.8, 4) is 17.0 Å². The average Bonchev–Trinajstić information content (AvgIpc) is 2.63. The van der Waals surface area contributed by atoms with E-state index in [0.29, 0.717) is 28.2 Å². The van der Waals surface area contributed by atoms with E-state index in [1.54, 1.807) is 6.07 Å². The molecule has 0 aliphatic rings. The molecular formula is C19H17ClN2O2S. The maximum absolute atomic E-state index is 11.8. The molecule has 2 aromatic carbocycles. The van der Waals surface area contributed by atoms with E-state index in [9.17, 15) is 4.79 Å². The van der Waals surface area contributed by atoms with Crippen molar-refractivity contribution in [3.63, 3.8) is 0 Å². The summed E-state index contributed by atoms with van der Waals surface area (Å²) >= 11 is 7.55. The summed E-state index contributed by atoms with van der Waals surface area (Å²) in [6, 6.07) is 18.6. The van der Waals surface area contributed by atoms with Crippen molar-refractivity contribution in [2.45, 2.75) is 11.6 Å². The first-order valence-electron chi connectivity index (χ1n) is 7.89. The van der Waals surface area contributed by atoms with E-state index in [4.69, 9.17) is 16.3 Å². The molecule has 4 nitrogen and oxygen atoms in total. The van der Waals surface area contributed by atoms with E-state index in [-0.39, 0.29) is 5.56 Å². The third-order valence-electron chi connectivity index (χ3n) is 3.41. The monoisotopic (exact) mass is 372 g/mol. The van der Waals surface area contributed by atoms with Crippen molar-refractivity contribution in [2.75, 3.05) is 12.4 Å². The molecule has 6 heteroatoms. The predicted molar refractivity (Wildman–Crippen MR) is 103 cm³/mol. The molecule has 0 aliphatic carbocycles. The molecule has 0 amide bonds. The summed E-state index contributed by atoms with van der Waals surface area (Å²) in [5.74, 6) is 1.47. The minimum absolute atomic E-state index is 0.149. The third kappa shape index (κ3) is 5.11. The van der Waals surface area contributed by atoms with Gasteiger partial charge in [-0.3, -0.25) is 4.79 Å². The number of nitrogens with zero attached hydrogens (tertiary/aromatic N) is 1. The highest BCUT2D eigenvalue weighted by Gasteiger charge is 2.05. The standard InChI is InChI=1S/C19H17ClN2O2S/c20-15-9-4-5-10-17(15)24-11-6-12-25-19-21-16(13-18(23)22-19)14-7-2-1-3-8-14/h1-5,7-10,13H,6,11-12H2,(H,21,22,23). The van der Waals surface area contributed by atoms with Gasteiger partial charge in [0.2, 0.25) is 0 Å². The summed E-state index contributed by atoms with van der Waals surface area (Å²) in [5, 5.41) is 1.22. The number of thioether (sulfide) groups is 1. The highest BCUT2D eigenvalue weighted by molar-refractivity contribution is 7.99. The fourth-order valence-corrected chi connectivity index (χ4v) is 3.21. The molecule has 25 heavy (non-hydrogen) atoms. The van der Waals surface area contributed by atoms with Gasteiger partial charge in [0, 0.05) is 17.4 Å². The second kappa shape index (κ2) is 8.74. The normalized spacial score (nSPS) is 10.6. The number of H-pyrrole nitrogens is 1. The van der Waals surface area contributed by atoms with Crippen molar-refractivity contribution in [1.29, 1.82) is 0 Å². The van der Waals surface area contributed by atoms with E-state index < -0.39 is 0 Å². The smallest absolute Gasteiger partial charge is 0.252 e. The Balaban J connectivity index is 1.54. The second-order valence-electron chi connectivity index (χ2n) is 5.28. The number of halogens is 1. The molecular weight excluding hydrogens is 356 g/mol. The lowest BCUT2D eigenvalue weighted by Crippen LogP contribution is -2.08. The molecule has 1 N–H and O–H groups in total. The Kier molecular flexibility index (Phi) is 6.14. The number of hydrogen-bond donors (Lipinski definition) is 1. The van der Waals surface area contributed by atoms with E-state index in [1.165, 1.54) is 17.8 Å². The zero-order valence-electron chi connectivity index (χ0n) is 13.4. The molecule has 0 bridgehead atoms. The van der Waals surface area contributed by atoms with Crippen LogP contribution < -0.4 is 10.3 Å². The number of para-hydroxylation sites is 1. The van der Waals surface area contributed by atoms with Gasteiger partial charge in [-0.2, -0.15) is 0 Å². The summed E-state index contributed by atoms with van der Waals surface area (Å²) in [7, 11) is 0. The SMILES string of the molecule is O=c1cc(-c2ccccc2)nc(SCCCOc2ccccc2Cl)[nH]1. The molecule has 128 valence electrons. The molecule has 0 aliphatic heterocycles. The van der Waals surface area contributed by atoms with Gasteiger partial charge in [-0.15, -0.1) is 0 Å². The Bertz CT molecular complexity index is 884. The van der Waals surface area contributed by atoms with E-state index >= 15 is 0 Å². The van der Waals surface area contributed by atoms with E-state index in [0.717, 1.165) is 17.7 Å². The molecule has 0 atom stereocenters. The third-order valence-corrected chi connectivity index (χ3v) is 4.68. The van der Waals surface area contributed by atoms with Crippen molar-refractivity contribution in [1.82, 2.24) is 9.97 Å². The first-order chi connectivity index (χ1) is 12.2. The first-order valence-corrected chi connectivity index (χ1v) is 9.25. The van der Waals surface area contributed by atoms with Gasteiger partial charge in [0.1, 0.15) is 5.75 Å². The second-order valence-corrected chi connectivity index (χ2v) is 6.77. The molecule has 1 aromatic heterocycles. The molecule has 3 aromatic rings. The summed E-state index contributed by atoms with van der Waals surface area (Å²) in [6.07, 6.45) is 0.815. The van der Waals surface area contributed by atoms with Gasteiger partial charge < -0.3 is 9.72 Å². The van der Waals surface area contributed by atoms with Crippen LogP contribution in [-0.2, 0) is 0 Å². The predicted octanol–water partition coefficient (Wildman–Crippen LogP) is 4.65. The van der Waals surface area contributed by atoms with Crippen LogP contribution in [0.5, 0.6) is 5.75 Å². The van der Waals surface area contributed by atoms with Gasteiger partial charge in [-0.25, -0.2) is 4.98 Å². The zero-order chi connectivity index (χ0) is 17.5. The molecule has 0 fully saturated rings. The summed E-state index contributed by atoms with van der Waals surface area (Å²) in [5.41, 5.74) is 1.46. The van der Waals surface area contributed by atoms with Crippen LogP contribution in [0.1, 0.15) is 6.42 Å². The lowest BCUT2D eigenvalue weighted by atomic mass is 10.1. The van der Waals surface area contributed by atoms with E-state index in [2.05, 4.69) is 9.97 Å². The quantitative estimate of drug-likeness (QED) is 0.372. The van der Waals surface area contributed by atoms with Crippen LogP contribution in [0.4, 0.5) is 0 Å². The van der Waals surface area contributed by atoms with Crippen LogP contribution in [0, 0.1) is 0 Å². The maximum atomic E-state index is 11.8. The summed E-state index contributed by atoms with van der Waals surface area (Å²) in [6.45, 7) is 0.555. The lowest BCUT2D eigenvalue weighted by molar-refractivity contribution is 0.319. The number of benzene rings is 2. The Hall–Kier alpha value is -2.24. The molecule has 0 spiro atoms. The number of nitrogens with one attached hydrogen (secondary N) is 1. The fraction of sp³-hybridized carbons (Fsp3) is 0.158. The minimum atomic E-state index is -0.149. The van der Waals surface area contributed by atoms with Gasteiger partial charge in [0.25, 0.3) is 5.56 Å². The topological polar surface area (TPSA) is 55.0 Å². The van der Waals surface area contributed by atoms with Gasteiger partial charge in [0.15, 0.2) is 5.16 Å². The Morgan fingerprint density at radius 2 is 1.84 bits per heavy atom. The van der Waals surface area contributed by atoms with Crippen molar-refractivity contribution < 1.29 is 4.74 Å². The maximum Gasteiger partial charge on any atom is 0.252 e. The van der Waals surface area contributed by atoms with Crippen LogP contribution in [0.25, 0.3) is 11.3 Å². The fourth-order valence-electron chi connectivity index (χ4n) is 2.23. The molecule has 0 radical (unpaired) electrons. The van der Waals surface area contributed by atoms with Crippen molar-refractivity contribution >= 4 is 23.4 Å². The Morgan fingerprint density at radius 3 is 2.64 bits per heavy atom. The van der Waals surface area contributed by atoms with E-state index in [1.807, 2.05) is 48.5 Å². The highest BCUT2D eigenvalue weighted by atomic mass is 35.5. The largest absolute Gasteiger partial charge is 0.492 e. The van der Waals surface area contributed by atoms with Crippen LogP contribution in [0.2, 0.25) is 5.02 Å². The number of hydrogen-bond acceptors (Lipinski definition) is 4. The number of rotatable bonds is 7. The Labute approximate surface area is 155 Å². The van der Waals surface area contributed by atoms with Crippen LogP contribution in [0.15, 0.2) is 70.6 Å². The molecule has 0 saturated heterocycles. The number of ether oxygens (including phenoxy) is 1. The first kappa shape index (κ1) is 17.6. The van der Waals surface area contributed by atoms with Crippen LogP contribution >= 0.6 is 23.4 Å². The summed E-state index contributed by atoms with van der Waals surface area (Å²) in [4.78, 5) is 19.1. The van der Waals surface area contributed by atoms with Crippen molar-refractivity contribution in [2.24, 2.45) is 0 Å².